The maximum atomic E-state index is 12.7. The summed E-state index contributed by atoms with van der Waals surface area (Å²) in [5.74, 6) is 1.19. The van der Waals surface area contributed by atoms with Crippen molar-refractivity contribution in [3.05, 3.63) is 96.9 Å². The number of Topliss-reactive ketones (excluding diaryl/α,β-unsaturated/α-hetero) is 1. The lowest BCUT2D eigenvalue weighted by Gasteiger charge is -2.14. The number of halogens is 3. The molecule has 0 aromatic heterocycles. The van der Waals surface area contributed by atoms with Gasteiger partial charge in [0.1, 0.15) is 6.61 Å². The van der Waals surface area contributed by atoms with E-state index in [1.807, 2.05) is 48.5 Å². The summed E-state index contributed by atoms with van der Waals surface area (Å²) in [6.45, 7) is 0.263. The van der Waals surface area contributed by atoms with Crippen molar-refractivity contribution in [1.29, 1.82) is 0 Å². The van der Waals surface area contributed by atoms with E-state index in [2.05, 4.69) is 15.9 Å². The van der Waals surface area contributed by atoms with Gasteiger partial charge in [0.05, 0.1) is 11.6 Å². The Morgan fingerprint density at radius 3 is 2.63 bits per heavy atom. The molecule has 0 bridgehead atoms. The molecule has 3 aromatic rings. The second-order valence-electron chi connectivity index (χ2n) is 6.89. The molecular formula is C24H17BrCl2O3. The number of methoxy groups -OCH3 is 1. The fraction of sp³-hybridized carbons (Fsp3) is 0.125. The predicted octanol–water partition coefficient (Wildman–Crippen LogP) is 7.17. The quantitative estimate of drug-likeness (QED) is 0.346. The van der Waals surface area contributed by atoms with Crippen LogP contribution in [0, 0.1) is 0 Å². The third kappa shape index (κ3) is 4.27. The van der Waals surface area contributed by atoms with E-state index in [-0.39, 0.29) is 12.4 Å². The Hall–Kier alpha value is -2.27. The van der Waals surface area contributed by atoms with Gasteiger partial charge in [0.15, 0.2) is 17.3 Å². The zero-order chi connectivity index (χ0) is 21.3. The van der Waals surface area contributed by atoms with Gasteiger partial charge in [-0.25, -0.2) is 0 Å². The minimum Gasteiger partial charge on any atom is -0.493 e. The molecule has 0 spiro atoms. The molecule has 0 saturated carbocycles. The number of carbonyl (C=O) groups excluding carboxylic acids is 1. The molecule has 0 heterocycles. The number of ether oxygens (including phenoxy) is 2. The van der Waals surface area contributed by atoms with E-state index in [0.717, 1.165) is 32.3 Å². The van der Waals surface area contributed by atoms with Gasteiger partial charge in [-0.05, 0) is 57.4 Å². The third-order valence-corrected chi connectivity index (χ3v) is 6.09. The minimum absolute atomic E-state index is 0.0680. The SMILES string of the molecule is COc1cc(/C=C2\Cc3ccccc3C2=O)cc(Br)c1OCc1ccc(Cl)cc1Cl. The maximum absolute atomic E-state index is 12.7. The molecule has 3 aromatic carbocycles. The molecule has 152 valence electrons. The highest BCUT2D eigenvalue weighted by atomic mass is 79.9. The van der Waals surface area contributed by atoms with Gasteiger partial charge in [-0.3, -0.25) is 4.79 Å². The summed E-state index contributed by atoms with van der Waals surface area (Å²) in [7, 11) is 1.58. The molecular weight excluding hydrogens is 487 g/mol. The van der Waals surface area contributed by atoms with E-state index in [1.54, 1.807) is 19.2 Å². The molecule has 3 nitrogen and oxygen atoms in total. The second-order valence-corrected chi connectivity index (χ2v) is 8.59. The lowest BCUT2D eigenvalue weighted by molar-refractivity contribution is 0.104. The number of ketones is 1. The summed E-state index contributed by atoms with van der Waals surface area (Å²) in [6.07, 6.45) is 2.53. The van der Waals surface area contributed by atoms with Crippen LogP contribution in [0.2, 0.25) is 10.0 Å². The molecule has 4 rings (SSSR count). The molecule has 1 aliphatic carbocycles. The van der Waals surface area contributed by atoms with Crippen molar-refractivity contribution >= 4 is 51.0 Å². The molecule has 0 unspecified atom stereocenters. The van der Waals surface area contributed by atoms with Crippen molar-refractivity contribution in [3.8, 4) is 11.5 Å². The van der Waals surface area contributed by atoms with E-state index < -0.39 is 0 Å². The fourth-order valence-corrected chi connectivity index (χ4v) is 4.46. The molecule has 0 radical (unpaired) electrons. The average Bonchev–Trinajstić information content (AvgIpc) is 3.03. The highest BCUT2D eigenvalue weighted by Crippen LogP contribution is 2.39. The second kappa shape index (κ2) is 8.84. The van der Waals surface area contributed by atoms with Crippen LogP contribution in [0.3, 0.4) is 0 Å². The first kappa shape index (κ1) is 21.0. The molecule has 6 heteroatoms. The van der Waals surface area contributed by atoms with Gasteiger partial charge in [-0.1, -0.05) is 53.5 Å². The van der Waals surface area contributed by atoms with Gasteiger partial charge in [-0.2, -0.15) is 0 Å². The molecule has 0 fully saturated rings. The standard InChI is InChI=1S/C24H17BrCl2O3/c1-29-22-10-14(8-17-11-15-4-2-3-5-19(15)23(17)28)9-20(25)24(22)30-13-16-6-7-18(26)12-21(16)27/h2-10,12H,11,13H2,1H3/b17-8+. The lowest BCUT2D eigenvalue weighted by Crippen LogP contribution is -2.00. The van der Waals surface area contributed by atoms with Crippen molar-refractivity contribution in [2.24, 2.45) is 0 Å². The largest absolute Gasteiger partial charge is 0.493 e. The van der Waals surface area contributed by atoms with Crippen LogP contribution in [-0.2, 0) is 13.0 Å². The first-order valence-electron chi connectivity index (χ1n) is 9.23. The Bertz CT molecular complexity index is 1170. The van der Waals surface area contributed by atoms with Crippen molar-refractivity contribution in [2.75, 3.05) is 7.11 Å². The van der Waals surface area contributed by atoms with Gasteiger partial charge >= 0.3 is 0 Å². The number of carbonyl (C=O) groups is 1. The molecule has 0 amide bonds. The highest BCUT2D eigenvalue weighted by molar-refractivity contribution is 9.10. The Kier molecular flexibility index (Phi) is 6.19. The molecule has 0 saturated heterocycles. The van der Waals surface area contributed by atoms with Gasteiger partial charge in [0, 0.05) is 33.2 Å². The first-order valence-corrected chi connectivity index (χ1v) is 10.8. The van der Waals surface area contributed by atoms with Crippen molar-refractivity contribution < 1.29 is 14.3 Å². The van der Waals surface area contributed by atoms with Crippen LogP contribution in [0.15, 0.2) is 64.6 Å². The number of hydrogen-bond acceptors (Lipinski definition) is 3. The predicted molar refractivity (Wildman–Crippen MR) is 124 cm³/mol. The number of fused-ring (bicyclic) bond motifs is 1. The first-order chi connectivity index (χ1) is 14.5. The highest BCUT2D eigenvalue weighted by Gasteiger charge is 2.24. The van der Waals surface area contributed by atoms with Crippen LogP contribution in [0.1, 0.15) is 27.0 Å². The summed E-state index contributed by atoms with van der Waals surface area (Å²) < 4.78 is 12.2. The molecule has 0 N–H and O–H groups in total. The Morgan fingerprint density at radius 2 is 1.90 bits per heavy atom. The summed E-state index contributed by atoms with van der Waals surface area (Å²) in [4.78, 5) is 12.7. The molecule has 0 atom stereocenters. The molecule has 30 heavy (non-hydrogen) atoms. The van der Waals surface area contributed by atoms with Crippen LogP contribution >= 0.6 is 39.1 Å². The number of rotatable bonds is 5. The van der Waals surface area contributed by atoms with Gasteiger partial charge in [0.25, 0.3) is 0 Å². The van der Waals surface area contributed by atoms with E-state index in [1.165, 1.54) is 0 Å². The fourth-order valence-electron chi connectivity index (χ4n) is 3.42. The molecule has 0 aliphatic heterocycles. The van der Waals surface area contributed by atoms with Crippen molar-refractivity contribution in [1.82, 2.24) is 0 Å². The summed E-state index contributed by atoms with van der Waals surface area (Å²) in [6, 6.07) is 16.7. The number of allylic oxidation sites excluding steroid dienone is 1. The molecule has 1 aliphatic rings. The monoisotopic (exact) mass is 502 g/mol. The van der Waals surface area contributed by atoms with Gasteiger partial charge < -0.3 is 9.47 Å². The van der Waals surface area contributed by atoms with E-state index in [9.17, 15) is 4.79 Å². The number of hydrogen-bond donors (Lipinski definition) is 0. The average molecular weight is 504 g/mol. The van der Waals surface area contributed by atoms with Gasteiger partial charge in [0.2, 0.25) is 0 Å². The van der Waals surface area contributed by atoms with Crippen molar-refractivity contribution in [3.63, 3.8) is 0 Å². The van der Waals surface area contributed by atoms with Crippen LogP contribution in [0.25, 0.3) is 6.08 Å². The van der Waals surface area contributed by atoms with Crippen LogP contribution in [0.5, 0.6) is 11.5 Å². The van der Waals surface area contributed by atoms with Crippen LogP contribution < -0.4 is 9.47 Å². The third-order valence-electron chi connectivity index (χ3n) is 4.91. The normalized spacial score (nSPS) is 14.1. The zero-order valence-corrected chi connectivity index (χ0v) is 19.1. The topological polar surface area (TPSA) is 35.5 Å². The van der Waals surface area contributed by atoms with Crippen LogP contribution in [-0.4, -0.2) is 12.9 Å². The van der Waals surface area contributed by atoms with Crippen LogP contribution in [0.4, 0.5) is 0 Å². The van der Waals surface area contributed by atoms with Gasteiger partial charge in [-0.15, -0.1) is 0 Å². The minimum atomic E-state index is 0.0680. The number of benzene rings is 3. The lowest BCUT2D eigenvalue weighted by atomic mass is 10.1. The summed E-state index contributed by atoms with van der Waals surface area (Å²) >= 11 is 15.7. The zero-order valence-electron chi connectivity index (χ0n) is 16.0. The van der Waals surface area contributed by atoms with E-state index in [4.69, 9.17) is 32.7 Å². The Labute approximate surface area is 193 Å². The van der Waals surface area contributed by atoms with E-state index >= 15 is 0 Å². The maximum Gasteiger partial charge on any atom is 0.189 e. The Balaban J connectivity index is 1.59. The van der Waals surface area contributed by atoms with E-state index in [0.29, 0.717) is 28.0 Å². The van der Waals surface area contributed by atoms with Crippen molar-refractivity contribution in [2.45, 2.75) is 13.0 Å². The Morgan fingerprint density at radius 1 is 1.10 bits per heavy atom. The summed E-state index contributed by atoms with van der Waals surface area (Å²) in [5, 5.41) is 1.11. The summed E-state index contributed by atoms with van der Waals surface area (Å²) in [5.41, 5.74) is 4.25. The smallest absolute Gasteiger partial charge is 0.189 e.